The van der Waals surface area contributed by atoms with Crippen LogP contribution in [0.3, 0.4) is 0 Å². The Kier molecular flexibility index (Phi) is 6.74. The number of halogens is 3. The molecule has 0 rings (SSSR count). The summed E-state index contributed by atoms with van der Waals surface area (Å²) in [6.45, 7) is 0.310. The second-order valence-electron chi connectivity index (χ2n) is 2.05. The Morgan fingerprint density at radius 3 is 2.07 bits per heavy atom. The minimum absolute atomic E-state index is 0. The third kappa shape index (κ3) is 5.00. The molecule has 0 aromatic carbocycles. The SMILES string of the molecule is CCC(=O)COS(=O)(=O)C(F)(F)F.[LiH]. The molecule has 0 saturated heterocycles. The molecule has 0 saturated carbocycles. The topological polar surface area (TPSA) is 60.4 Å². The molecule has 0 atom stereocenters. The van der Waals surface area contributed by atoms with Gasteiger partial charge in [-0.15, -0.1) is 0 Å². The molecule has 0 aromatic rings. The van der Waals surface area contributed by atoms with Gasteiger partial charge in [-0.1, -0.05) is 6.92 Å². The maximum atomic E-state index is 11.6. The van der Waals surface area contributed by atoms with Crippen LogP contribution in [0.1, 0.15) is 13.3 Å². The van der Waals surface area contributed by atoms with Gasteiger partial charge in [-0.05, 0) is 0 Å². The second-order valence-corrected chi connectivity index (χ2v) is 3.66. The van der Waals surface area contributed by atoms with Gasteiger partial charge in [0, 0.05) is 6.42 Å². The van der Waals surface area contributed by atoms with E-state index < -0.39 is 28.0 Å². The van der Waals surface area contributed by atoms with Crippen molar-refractivity contribution in [1.82, 2.24) is 0 Å². The Bertz CT molecular complexity index is 284. The summed E-state index contributed by atoms with van der Waals surface area (Å²) in [6, 6.07) is 0. The molecule has 0 aliphatic carbocycles. The van der Waals surface area contributed by atoms with Gasteiger partial charge < -0.3 is 0 Å². The quantitative estimate of drug-likeness (QED) is 0.391. The Morgan fingerprint density at radius 2 is 1.79 bits per heavy atom. The number of Topliss-reactive ketones (excluding diaryl/α,β-unsaturated/α-hetero) is 1. The van der Waals surface area contributed by atoms with Crippen LogP contribution >= 0.6 is 0 Å². The molecule has 0 aliphatic rings. The van der Waals surface area contributed by atoms with Crippen molar-refractivity contribution in [3.05, 3.63) is 0 Å². The summed E-state index contributed by atoms with van der Waals surface area (Å²) in [7, 11) is -5.62. The van der Waals surface area contributed by atoms with Crippen molar-refractivity contribution in [1.29, 1.82) is 0 Å². The van der Waals surface area contributed by atoms with Crippen molar-refractivity contribution in [3.8, 4) is 0 Å². The molecular weight excluding hydrogens is 220 g/mol. The Morgan fingerprint density at radius 1 is 1.36 bits per heavy atom. The zero-order chi connectivity index (χ0) is 10.7. The van der Waals surface area contributed by atoms with Crippen LogP contribution in [-0.2, 0) is 19.1 Å². The monoisotopic (exact) mass is 228 g/mol. The third-order valence-electron chi connectivity index (χ3n) is 1.05. The number of carbonyl (C=O) groups excluding carboxylic acids is 1. The van der Waals surface area contributed by atoms with Crippen molar-refractivity contribution < 1.29 is 30.6 Å². The number of carbonyl (C=O) groups is 1. The van der Waals surface area contributed by atoms with Crippen LogP contribution in [0.25, 0.3) is 0 Å². The Labute approximate surface area is 91.1 Å². The summed E-state index contributed by atoms with van der Waals surface area (Å²) in [6.07, 6.45) is -0.0760. The molecule has 0 aliphatic heterocycles. The average Bonchev–Trinajstić information content (AvgIpc) is 1.98. The molecule has 9 heteroatoms. The van der Waals surface area contributed by atoms with Gasteiger partial charge in [0.15, 0.2) is 5.78 Å². The Balaban J connectivity index is 0. The van der Waals surface area contributed by atoms with Crippen LogP contribution in [0.15, 0.2) is 0 Å². The summed E-state index contributed by atoms with van der Waals surface area (Å²) in [5.41, 5.74) is -5.47. The molecule has 0 bridgehead atoms. The third-order valence-corrected chi connectivity index (χ3v) is 2.05. The van der Waals surface area contributed by atoms with Crippen molar-refractivity contribution in [2.45, 2.75) is 18.9 Å². The number of ketones is 1. The van der Waals surface area contributed by atoms with Gasteiger partial charge in [-0.2, -0.15) is 21.6 Å². The summed E-state index contributed by atoms with van der Waals surface area (Å²) in [4.78, 5) is 10.4. The first-order chi connectivity index (χ1) is 5.70. The van der Waals surface area contributed by atoms with Crippen molar-refractivity contribution in [2.75, 3.05) is 6.61 Å². The minimum atomic E-state index is -5.62. The average molecular weight is 228 g/mol. The fraction of sp³-hybridized carbons (Fsp3) is 0.800. The normalized spacial score (nSPS) is 12.0. The molecule has 0 radical (unpaired) electrons. The first-order valence-corrected chi connectivity index (χ1v) is 4.59. The molecule has 0 N–H and O–H groups in total. The molecule has 0 unspecified atom stereocenters. The van der Waals surface area contributed by atoms with E-state index in [9.17, 15) is 26.4 Å². The standard InChI is InChI=1S/C5H7F3O4S.Li.H/c1-2-4(9)3-12-13(10,11)5(6,7)8;;/h2-3H2,1H3;;. The summed E-state index contributed by atoms with van der Waals surface area (Å²) in [5, 5.41) is 0. The summed E-state index contributed by atoms with van der Waals surface area (Å²) in [5.74, 6) is -0.715. The van der Waals surface area contributed by atoms with Gasteiger partial charge in [0.1, 0.15) is 6.61 Å². The van der Waals surface area contributed by atoms with Crippen LogP contribution in [0.4, 0.5) is 13.2 Å². The van der Waals surface area contributed by atoms with E-state index in [1.54, 1.807) is 0 Å². The fourth-order valence-electron chi connectivity index (χ4n) is 0.312. The maximum absolute atomic E-state index is 11.6. The molecule has 0 heterocycles. The first-order valence-electron chi connectivity index (χ1n) is 3.18. The zero-order valence-corrected chi connectivity index (χ0v) is 7.41. The van der Waals surface area contributed by atoms with Crippen molar-refractivity contribution in [2.24, 2.45) is 0 Å². The van der Waals surface area contributed by atoms with Gasteiger partial charge in [-0.25, -0.2) is 0 Å². The van der Waals surface area contributed by atoms with E-state index >= 15 is 0 Å². The van der Waals surface area contributed by atoms with E-state index in [1.807, 2.05) is 0 Å². The van der Waals surface area contributed by atoms with E-state index in [2.05, 4.69) is 4.18 Å². The van der Waals surface area contributed by atoms with Crippen molar-refractivity contribution in [3.63, 3.8) is 0 Å². The fourth-order valence-corrected chi connectivity index (χ4v) is 0.732. The van der Waals surface area contributed by atoms with Crippen LogP contribution in [-0.4, -0.2) is 45.2 Å². The van der Waals surface area contributed by atoms with E-state index in [0.717, 1.165) is 0 Å². The molecule has 0 amide bonds. The van der Waals surface area contributed by atoms with Crippen LogP contribution in [0.5, 0.6) is 0 Å². The zero-order valence-electron chi connectivity index (χ0n) is 6.59. The summed E-state index contributed by atoms with van der Waals surface area (Å²) >= 11 is 0. The molecule has 0 aromatic heterocycles. The molecule has 14 heavy (non-hydrogen) atoms. The summed E-state index contributed by atoms with van der Waals surface area (Å²) < 4.78 is 58.5. The number of alkyl halides is 3. The van der Waals surface area contributed by atoms with Gasteiger partial charge in [-0.3, -0.25) is 8.98 Å². The van der Waals surface area contributed by atoms with Crippen LogP contribution in [0, 0.1) is 0 Å². The molecule has 0 fully saturated rings. The van der Waals surface area contributed by atoms with Gasteiger partial charge in [0.2, 0.25) is 0 Å². The van der Waals surface area contributed by atoms with Crippen molar-refractivity contribution >= 4 is 34.8 Å². The van der Waals surface area contributed by atoms with Gasteiger partial charge in [0.25, 0.3) is 0 Å². The molecule has 80 valence electrons. The molecular formula is C5H8F3LiO4S. The molecule has 0 spiro atoms. The predicted octanol–water partition coefficient (Wildman–Crippen LogP) is 0.183. The van der Waals surface area contributed by atoms with E-state index in [0.29, 0.717) is 0 Å². The van der Waals surface area contributed by atoms with Crippen LogP contribution in [0.2, 0.25) is 0 Å². The van der Waals surface area contributed by atoms with Crippen LogP contribution < -0.4 is 0 Å². The van der Waals surface area contributed by atoms with E-state index in [4.69, 9.17) is 0 Å². The Hall–Kier alpha value is -0.0326. The second kappa shape index (κ2) is 5.75. The van der Waals surface area contributed by atoms with Gasteiger partial charge in [0.05, 0.1) is 0 Å². The molecule has 4 nitrogen and oxygen atoms in total. The first kappa shape index (κ1) is 16.4. The predicted molar refractivity (Wildman–Crippen MR) is 43.4 cm³/mol. The number of rotatable bonds is 4. The number of hydrogen-bond donors (Lipinski definition) is 0. The van der Waals surface area contributed by atoms with E-state index in [1.165, 1.54) is 6.92 Å². The van der Waals surface area contributed by atoms with Gasteiger partial charge >= 0.3 is 34.5 Å². The van der Waals surface area contributed by atoms with E-state index in [-0.39, 0.29) is 25.3 Å². The number of hydrogen-bond acceptors (Lipinski definition) is 4.